The Bertz CT molecular complexity index is 1900. The molecule has 0 radical (unpaired) electrons. The first-order valence-corrected chi connectivity index (χ1v) is 16.7. The quantitative estimate of drug-likeness (QED) is 0.298. The molecule has 3 fully saturated rings. The van der Waals surface area contributed by atoms with Gasteiger partial charge in [-0.2, -0.15) is 9.35 Å². The van der Waals surface area contributed by atoms with Crippen LogP contribution in [0.3, 0.4) is 0 Å². The lowest BCUT2D eigenvalue weighted by Crippen LogP contribution is -2.62. The highest BCUT2D eigenvalue weighted by atomic mass is 32.2. The maximum Gasteiger partial charge on any atom is 0.278 e. The van der Waals surface area contributed by atoms with E-state index in [1.54, 1.807) is 29.0 Å². The van der Waals surface area contributed by atoms with Crippen molar-refractivity contribution in [3.8, 4) is 5.82 Å². The molecule has 0 aliphatic carbocycles. The number of carbonyl (C=O) groups is 1. The fourth-order valence-electron chi connectivity index (χ4n) is 6.34. The number of anilines is 2. The molecule has 0 spiro atoms. The van der Waals surface area contributed by atoms with Gasteiger partial charge in [-0.1, -0.05) is 38.1 Å². The summed E-state index contributed by atoms with van der Waals surface area (Å²) in [6, 6.07) is 13.0. The van der Waals surface area contributed by atoms with Crippen molar-refractivity contribution in [2.45, 2.75) is 44.7 Å². The lowest BCUT2D eigenvalue weighted by Gasteiger charge is -2.50. The Morgan fingerprint density at radius 2 is 1.81 bits per heavy atom. The van der Waals surface area contributed by atoms with Gasteiger partial charge in [0, 0.05) is 45.5 Å². The topological polar surface area (TPSA) is 127 Å². The third-order valence-electron chi connectivity index (χ3n) is 8.36. The molecular formula is C31H36N8O3S. The first-order chi connectivity index (χ1) is 20.5. The van der Waals surface area contributed by atoms with Gasteiger partial charge in [-0.05, 0) is 55.8 Å². The van der Waals surface area contributed by atoms with Gasteiger partial charge in [0.15, 0.2) is 23.1 Å². The van der Waals surface area contributed by atoms with E-state index in [1.807, 2.05) is 24.3 Å². The van der Waals surface area contributed by atoms with E-state index in [0.29, 0.717) is 34.4 Å². The molecule has 4 aromatic rings. The van der Waals surface area contributed by atoms with E-state index >= 15 is 0 Å². The lowest BCUT2D eigenvalue weighted by molar-refractivity contribution is -0.140. The van der Waals surface area contributed by atoms with Crippen LogP contribution in [-0.4, -0.2) is 70.9 Å². The van der Waals surface area contributed by atoms with Gasteiger partial charge in [0.05, 0.1) is 12.6 Å². The van der Waals surface area contributed by atoms with Crippen LogP contribution in [0.2, 0.25) is 0 Å². The van der Waals surface area contributed by atoms with E-state index in [1.165, 1.54) is 23.4 Å². The molecule has 6 heterocycles. The molecular weight excluding hydrogens is 564 g/mol. The van der Waals surface area contributed by atoms with Gasteiger partial charge in [-0.25, -0.2) is 23.5 Å². The van der Waals surface area contributed by atoms with Gasteiger partial charge in [-0.3, -0.25) is 14.5 Å². The highest BCUT2D eigenvalue weighted by Crippen LogP contribution is 2.40. The Labute approximate surface area is 250 Å². The van der Waals surface area contributed by atoms with E-state index in [9.17, 15) is 13.8 Å². The third-order valence-corrected chi connectivity index (χ3v) is 8.99. The smallest absolute Gasteiger partial charge is 0.278 e. The molecule has 2 bridgehead atoms. The maximum absolute atomic E-state index is 13.3. The largest absolute Gasteiger partial charge is 0.324 e. The number of fused-ring (bicyclic) bond motifs is 4. The zero-order valence-electron chi connectivity index (χ0n) is 24.9. The number of hydrogen-bond acceptors (Lipinski definition) is 9. The highest BCUT2D eigenvalue weighted by molar-refractivity contribution is 7.92. The molecule has 12 heteroatoms. The van der Waals surface area contributed by atoms with Gasteiger partial charge in [0.2, 0.25) is 5.95 Å². The summed E-state index contributed by atoms with van der Waals surface area (Å²) in [5, 5.41) is 3.57. The number of ketones is 1. The van der Waals surface area contributed by atoms with Gasteiger partial charge in [0.25, 0.3) is 5.56 Å². The van der Waals surface area contributed by atoms with Crippen molar-refractivity contribution in [1.29, 1.82) is 0 Å². The van der Waals surface area contributed by atoms with Crippen LogP contribution >= 0.6 is 0 Å². The number of nitrogens with one attached hydrogen (secondary N) is 1. The number of carbonyl (C=O) groups excluding carboxylic acids is 1. The first-order valence-electron chi connectivity index (χ1n) is 14.4. The number of rotatable bonds is 8. The number of hydrogen-bond donors (Lipinski definition) is 1. The summed E-state index contributed by atoms with van der Waals surface area (Å²) in [6.45, 7) is 10.3. The van der Waals surface area contributed by atoms with Crippen LogP contribution < -0.4 is 10.9 Å². The Balaban J connectivity index is 1.33. The molecule has 3 aliphatic rings. The molecule has 1 aromatic carbocycles. The highest BCUT2D eigenvalue weighted by Gasteiger charge is 2.48. The molecule has 1 unspecified atom stereocenters. The molecule has 11 nitrogen and oxygen atoms in total. The summed E-state index contributed by atoms with van der Waals surface area (Å²) in [5.74, 6) is 1.56. The first kappa shape index (κ1) is 28.9. The number of aromatic nitrogens is 5. The molecule has 0 saturated carbocycles. The van der Waals surface area contributed by atoms with Crippen LogP contribution in [0.4, 0.5) is 17.5 Å². The van der Waals surface area contributed by atoms with E-state index in [4.69, 9.17) is 4.98 Å². The Hall–Kier alpha value is -4.16. The van der Waals surface area contributed by atoms with Crippen molar-refractivity contribution in [3.63, 3.8) is 0 Å². The zero-order chi connectivity index (χ0) is 30.5. The maximum atomic E-state index is 13.3. The second-order valence-corrected chi connectivity index (χ2v) is 14.6. The van der Waals surface area contributed by atoms with Crippen molar-refractivity contribution in [2.75, 3.05) is 30.9 Å². The van der Waals surface area contributed by atoms with Gasteiger partial charge >= 0.3 is 0 Å². The summed E-state index contributed by atoms with van der Waals surface area (Å²) in [5.41, 5.74) is 1.61. The molecule has 0 amide bonds. The van der Waals surface area contributed by atoms with E-state index in [0.717, 1.165) is 37.2 Å². The Kier molecular flexibility index (Phi) is 7.29. The number of piperidine rings is 3. The SMILES string of the molecule is C=CCn1c(=O)c2cnc(Nc3ccc(C(C)(C)C4C(=O)C5CCN4CC5)cc3)nc2n1-c1cccc(N=S(C)(C)=O)n1. The van der Waals surface area contributed by atoms with E-state index in [2.05, 4.69) is 45.0 Å². The minimum atomic E-state index is -2.44. The number of pyridine rings is 1. The fourth-order valence-corrected chi connectivity index (χ4v) is 6.89. The van der Waals surface area contributed by atoms with Crippen molar-refractivity contribution in [2.24, 2.45) is 10.3 Å². The molecule has 43 heavy (non-hydrogen) atoms. The predicted octanol–water partition coefficient (Wildman–Crippen LogP) is 4.21. The summed E-state index contributed by atoms with van der Waals surface area (Å²) in [4.78, 5) is 42.5. The van der Waals surface area contributed by atoms with Crippen LogP contribution in [-0.2, 0) is 26.5 Å². The second-order valence-electron chi connectivity index (χ2n) is 12.1. The van der Waals surface area contributed by atoms with Gasteiger partial charge in [0.1, 0.15) is 5.39 Å². The van der Waals surface area contributed by atoms with Crippen LogP contribution in [0.15, 0.2) is 70.5 Å². The van der Waals surface area contributed by atoms with Crippen molar-refractivity contribution >= 4 is 44.0 Å². The fraction of sp³-hybridized carbons (Fsp3) is 0.387. The molecule has 224 valence electrons. The number of benzene rings is 1. The van der Waals surface area contributed by atoms with E-state index in [-0.39, 0.29) is 29.5 Å². The molecule has 3 aliphatic heterocycles. The van der Waals surface area contributed by atoms with Crippen LogP contribution in [0, 0.1) is 5.92 Å². The molecule has 3 saturated heterocycles. The minimum Gasteiger partial charge on any atom is -0.324 e. The van der Waals surface area contributed by atoms with E-state index < -0.39 is 9.73 Å². The normalized spacial score (nSPS) is 20.4. The molecule has 3 aromatic heterocycles. The Morgan fingerprint density at radius 3 is 2.47 bits per heavy atom. The summed E-state index contributed by atoms with van der Waals surface area (Å²) < 4.78 is 19.6. The van der Waals surface area contributed by atoms with Gasteiger partial charge < -0.3 is 5.32 Å². The summed E-state index contributed by atoms with van der Waals surface area (Å²) >= 11 is 0. The number of Topliss-reactive ketones (excluding diaryl/α,β-unsaturated/α-hetero) is 1. The minimum absolute atomic E-state index is 0.109. The second kappa shape index (κ2) is 10.8. The zero-order valence-corrected chi connectivity index (χ0v) is 25.7. The van der Waals surface area contributed by atoms with Crippen molar-refractivity contribution < 1.29 is 9.00 Å². The van der Waals surface area contributed by atoms with Crippen molar-refractivity contribution in [1.82, 2.24) is 29.2 Å². The standard InChI is InChI=1S/C31H36N8O3S/c1-6-16-38-29(41)23-19-32-30(35-28(23)39(38)25-9-7-8-24(34-25)36-43(4,5)42)33-22-12-10-21(11-13-22)31(2,3)27-26(40)20-14-17-37(27)18-15-20/h6-13,19-20,27H,1,14-18H2,2-5H3,(H,32,33,35). The lowest BCUT2D eigenvalue weighted by atomic mass is 9.68. The number of allylic oxidation sites excluding steroid dienone is 1. The molecule has 1 atom stereocenters. The average molecular weight is 601 g/mol. The van der Waals surface area contributed by atoms with Crippen molar-refractivity contribution in [3.05, 3.63) is 77.2 Å². The Morgan fingerprint density at radius 1 is 1.09 bits per heavy atom. The predicted molar refractivity (Wildman–Crippen MR) is 169 cm³/mol. The summed E-state index contributed by atoms with van der Waals surface area (Å²) in [6.07, 6.45) is 8.14. The molecule has 1 N–H and O–H groups in total. The number of nitrogens with zero attached hydrogens (tertiary/aromatic N) is 7. The monoisotopic (exact) mass is 600 g/mol. The van der Waals surface area contributed by atoms with Gasteiger partial charge in [-0.15, -0.1) is 6.58 Å². The molecule has 7 rings (SSSR count). The van der Waals surface area contributed by atoms with Crippen LogP contribution in [0.5, 0.6) is 0 Å². The summed E-state index contributed by atoms with van der Waals surface area (Å²) in [7, 11) is -2.44. The van der Waals surface area contributed by atoms with Crippen LogP contribution in [0.25, 0.3) is 16.9 Å². The van der Waals surface area contributed by atoms with Crippen LogP contribution in [0.1, 0.15) is 32.3 Å². The average Bonchev–Trinajstić information content (AvgIpc) is 3.23. The third kappa shape index (κ3) is 5.40.